The number of carbonyl (C=O) groups is 1. The van der Waals surface area contributed by atoms with Crippen molar-refractivity contribution in [2.24, 2.45) is 0 Å². The SMILES string of the molecule is CCOc1ccc(NC(=O)c2cccc(N)c2Br)cn1. The predicted molar refractivity (Wildman–Crippen MR) is 81.9 cm³/mol. The minimum Gasteiger partial charge on any atom is -0.478 e. The largest absolute Gasteiger partial charge is 0.478 e. The summed E-state index contributed by atoms with van der Waals surface area (Å²) in [5, 5.41) is 2.75. The fourth-order valence-electron chi connectivity index (χ4n) is 1.61. The first-order valence-electron chi connectivity index (χ1n) is 6.06. The molecule has 1 aromatic heterocycles. The molecule has 1 heterocycles. The molecule has 0 aliphatic carbocycles. The number of ether oxygens (including phenoxy) is 1. The highest BCUT2D eigenvalue weighted by atomic mass is 79.9. The lowest BCUT2D eigenvalue weighted by Crippen LogP contribution is -2.13. The van der Waals surface area contributed by atoms with E-state index in [0.717, 1.165) is 0 Å². The van der Waals surface area contributed by atoms with Crippen LogP contribution in [0, 0.1) is 0 Å². The Labute approximate surface area is 125 Å². The van der Waals surface area contributed by atoms with E-state index < -0.39 is 0 Å². The molecule has 1 amide bonds. The maximum atomic E-state index is 12.1. The van der Waals surface area contributed by atoms with Gasteiger partial charge in [-0.15, -0.1) is 0 Å². The Balaban J connectivity index is 2.13. The third kappa shape index (κ3) is 3.27. The van der Waals surface area contributed by atoms with Crippen molar-refractivity contribution in [1.29, 1.82) is 0 Å². The van der Waals surface area contributed by atoms with E-state index in [1.807, 2.05) is 6.92 Å². The zero-order valence-electron chi connectivity index (χ0n) is 10.9. The summed E-state index contributed by atoms with van der Waals surface area (Å²) in [6.07, 6.45) is 1.54. The van der Waals surface area contributed by atoms with Gasteiger partial charge < -0.3 is 15.8 Å². The average Bonchev–Trinajstić information content (AvgIpc) is 2.44. The molecule has 1 aromatic carbocycles. The molecule has 0 spiro atoms. The molecule has 2 aromatic rings. The van der Waals surface area contributed by atoms with Crippen molar-refractivity contribution in [3.63, 3.8) is 0 Å². The van der Waals surface area contributed by atoms with Crippen LogP contribution in [0.5, 0.6) is 5.88 Å². The number of nitrogens with one attached hydrogen (secondary N) is 1. The lowest BCUT2D eigenvalue weighted by molar-refractivity contribution is 0.102. The van der Waals surface area contributed by atoms with E-state index in [9.17, 15) is 4.79 Å². The Kier molecular flexibility index (Phi) is 4.57. The molecule has 0 saturated carbocycles. The molecular formula is C14H14BrN3O2. The van der Waals surface area contributed by atoms with Crippen molar-refractivity contribution in [1.82, 2.24) is 4.98 Å². The third-order valence-electron chi connectivity index (χ3n) is 2.56. The molecule has 0 aliphatic rings. The normalized spacial score (nSPS) is 10.1. The van der Waals surface area contributed by atoms with Crippen LogP contribution in [0.4, 0.5) is 11.4 Å². The van der Waals surface area contributed by atoms with Gasteiger partial charge in [0.25, 0.3) is 5.91 Å². The molecule has 5 nitrogen and oxygen atoms in total. The number of rotatable bonds is 4. The first kappa shape index (κ1) is 14.3. The Morgan fingerprint density at radius 3 is 2.85 bits per heavy atom. The summed E-state index contributed by atoms with van der Waals surface area (Å²) >= 11 is 3.30. The highest BCUT2D eigenvalue weighted by Crippen LogP contribution is 2.24. The summed E-state index contributed by atoms with van der Waals surface area (Å²) < 4.78 is 5.82. The first-order chi connectivity index (χ1) is 9.61. The van der Waals surface area contributed by atoms with E-state index in [1.165, 1.54) is 0 Å². The molecule has 3 N–H and O–H groups in total. The van der Waals surface area contributed by atoms with Crippen LogP contribution in [0.1, 0.15) is 17.3 Å². The zero-order chi connectivity index (χ0) is 14.5. The number of carbonyl (C=O) groups excluding carboxylic acids is 1. The van der Waals surface area contributed by atoms with Gasteiger partial charge >= 0.3 is 0 Å². The van der Waals surface area contributed by atoms with Crippen LogP contribution in [0.25, 0.3) is 0 Å². The van der Waals surface area contributed by atoms with E-state index in [1.54, 1.807) is 36.5 Å². The molecule has 2 rings (SSSR count). The van der Waals surface area contributed by atoms with E-state index >= 15 is 0 Å². The fourth-order valence-corrected chi connectivity index (χ4v) is 2.06. The van der Waals surface area contributed by atoms with Crippen molar-refractivity contribution in [3.8, 4) is 5.88 Å². The average molecular weight is 336 g/mol. The van der Waals surface area contributed by atoms with E-state index in [2.05, 4.69) is 26.2 Å². The van der Waals surface area contributed by atoms with E-state index in [0.29, 0.717) is 33.9 Å². The second-order valence-corrected chi connectivity index (χ2v) is 4.77. The summed E-state index contributed by atoms with van der Waals surface area (Å²) in [6, 6.07) is 8.58. The van der Waals surface area contributed by atoms with Gasteiger partial charge in [0, 0.05) is 11.8 Å². The number of amides is 1. The number of hydrogen-bond donors (Lipinski definition) is 2. The van der Waals surface area contributed by atoms with Gasteiger partial charge in [-0.3, -0.25) is 4.79 Å². The van der Waals surface area contributed by atoms with Crippen LogP contribution in [0.2, 0.25) is 0 Å². The standard InChI is InChI=1S/C14H14BrN3O2/c1-2-20-12-7-6-9(8-17-12)18-14(19)10-4-3-5-11(16)13(10)15/h3-8H,2,16H2,1H3,(H,18,19). The number of hydrogen-bond acceptors (Lipinski definition) is 4. The van der Waals surface area contributed by atoms with Crippen LogP contribution in [0.3, 0.4) is 0 Å². The van der Waals surface area contributed by atoms with Crippen molar-refractivity contribution in [2.75, 3.05) is 17.7 Å². The molecule has 0 atom stereocenters. The maximum Gasteiger partial charge on any atom is 0.256 e. The molecule has 6 heteroatoms. The lowest BCUT2D eigenvalue weighted by Gasteiger charge is -2.08. The van der Waals surface area contributed by atoms with Crippen molar-refractivity contribution in [3.05, 3.63) is 46.6 Å². The molecule has 104 valence electrons. The number of aromatic nitrogens is 1. The van der Waals surface area contributed by atoms with Gasteiger partial charge in [-0.25, -0.2) is 4.98 Å². The number of anilines is 2. The number of nitrogens with two attached hydrogens (primary N) is 1. The van der Waals surface area contributed by atoms with Gasteiger partial charge in [-0.1, -0.05) is 6.07 Å². The second kappa shape index (κ2) is 6.38. The maximum absolute atomic E-state index is 12.1. The zero-order valence-corrected chi connectivity index (χ0v) is 12.5. The highest BCUT2D eigenvalue weighted by molar-refractivity contribution is 9.10. The van der Waals surface area contributed by atoms with Crippen molar-refractivity contribution >= 4 is 33.2 Å². The molecular weight excluding hydrogens is 322 g/mol. The predicted octanol–water partition coefficient (Wildman–Crippen LogP) is 3.08. The van der Waals surface area contributed by atoms with Gasteiger partial charge in [0.1, 0.15) is 0 Å². The van der Waals surface area contributed by atoms with Gasteiger partial charge in [0.2, 0.25) is 5.88 Å². The van der Waals surface area contributed by atoms with Crippen LogP contribution in [-0.4, -0.2) is 17.5 Å². The summed E-state index contributed by atoms with van der Waals surface area (Å²) in [7, 11) is 0. The summed E-state index contributed by atoms with van der Waals surface area (Å²) in [5.74, 6) is 0.269. The minimum atomic E-state index is -0.255. The fraction of sp³-hybridized carbons (Fsp3) is 0.143. The van der Waals surface area contributed by atoms with Crippen LogP contribution in [0.15, 0.2) is 41.0 Å². The summed E-state index contributed by atoms with van der Waals surface area (Å²) in [4.78, 5) is 16.2. The van der Waals surface area contributed by atoms with Gasteiger partial charge in [-0.2, -0.15) is 0 Å². The van der Waals surface area contributed by atoms with E-state index in [-0.39, 0.29) is 5.91 Å². The van der Waals surface area contributed by atoms with Gasteiger partial charge in [-0.05, 0) is 41.1 Å². The van der Waals surface area contributed by atoms with Crippen LogP contribution < -0.4 is 15.8 Å². The lowest BCUT2D eigenvalue weighted by atomic mass is 10.2. The summed E-state index contributed by atoms with van der Waals surface area (Å²) in [6.45, 7) is 2.43. The second-order valence-electron chi connectivity index (χ2n) is 3.98. The van der Waals surface area contributed by atoms with E-state index in [4.69, 9.17) is 10.5 Å². The Hall–Kier alpha value is -2.08. The summed E-state index contributed by atoms with van der Waals surface area (Å²) in [5.41, 5.74) is 7.33. The highest BCUT2D eigenvalue weighted by Gasteiger charge is 2.12. The quantitative estimate of drug-likeness (QED) is 0.841. The molecule has 0 fully saturated rings. The topological polar surface area (TPSA) is 77.2 Å². The third-order valence-corrected chi connectivity index (χ3v) is 3.44. The van der Waals surface area contributed by atoms with Crippen LogP contribution >= 0.6 is 15.9 Å². The Morgan fingerprint density at radius 1 is 1.40 bits per heavy atom. The Bertz CT molecular complexity index is 614. The van der Waals surface area contributed by atoms with Gasteiger partial charge in [0.05, 0.1) is 28.5 Å². The number of pyridine rings is 1. The number of benzene rings is 1. The molecule has 20 heavy (non-hydrogen) atoms. The Morgan fingerprint density at radius 2 is 2.20 bits per heavy atom. The minimum absolute atomic E-state index is 0.255. The monoisotopic (exact) mass is 335 g/mol. The molecule has 0 unspecified atom stereocenters. The first-order valence-corrected chi connectivity index (χ1v) is 6.85. The molecule has 0 bridgehead atoms. The number of nitrogen functional groups attached to an aromatic ring is 1. The molecule has 0 aliphatic heterocycles. The smallest absolute Gasteiger partial charge is 0.256 e. The van der Waals surface area contributed by atoms with Crippen molar-refractivity contribution < 1.29 is 9.53 Å². The van der Waals surface area contributed by atoms with Crippen molar-refractivity contribution in [2.45, 2.75) is 6.92 Å². The number of nitrogens with zero attached hydrogens (tertiary/aromatic N) is 1. The number of halogens is 1. The van der Waals surface area contributed by atoms with Crippen LogP contribution in [-0.2, 0) is 0 Å². The van der Waals surface area contributed by atoms with Gasteiger partial charge in [0.15, 0.2) is 0 Å². The molecule has 0 saturated heterocycles. The molecule has 0 radical (unpaired) electrons.